The number of aromatic nitrogens is 1. The van der Waals surface area contributed by atoms with Crippen LogP contribution in [0.5, 0.6) is 0 Å². The molecule has 0 spiro atoms. The van der Waals surface area contributed by atoms with Crippen molar-refractivity contribution in [1.29, 1.82) is 0 Å². The SMILES string of the molecule is CCCCCc1nc2c(CCCCC)cccc2s1.NS. The van der Waals surface area contributed by atoms with Gasteiger partial charge in [0.2, 0.25) is 0 Å². The van der Waals surface area contributed by atoms with Crippen LogP contribution in [-0.2, 0) is 12.8 Å². The molecule has 0 aliphatic rings. The Labute approximate surface area is 138 Å². The van der Waals surface area contributed by atoms with Crippen LogP contribution in [0.2, 0.25) is 0 Å². The minimum absolute atomic E-state index is 1.15. The number of rotatable bonds is 8. The number of para-hydroxylation sites is 1. The molecule has 2 N–H and O–H groups in total. The highest BCUT2D eigenvalue weighted by atomic mass is 32.1. The van der Waals surface area contributed by atoms with Crippen molar-refractivity contribution in [2.24, 2.45) is 5.14 Å². The van der Waals surface area contributed by atoms with Crippen LogP contribution >= 0.6 is 24.2 Å². The number of benzene rings is 1. The highest BCUT2D eigenvalue weighted by Crippen LogP contribution is 2.27. The van der Waals surface area contributed by atoms with E-state index < -0.39 is 0 Å². The fraction of sp³-hybridized carbons (Fsp3) is 0.588. The van der Waals surface area contributed by atoms with Gasteiger partial charge < -0.3 is 0 Å². The van der Waals surface area contributed by atoms with Crippen molar-refractivity contribution in [3.63, 3.8) is 0 Å². The number of fused-ring (bicyclic) bond motifs is 1. The Morgan fingerprint density at radius 3 is 2.33 bits per heavy atom. The molecule has 0 amide bonds. The molecule has 1 aromatic carbocycles. The Kier molecular flexibility index (Phi) is 9.72. The summed E-state index contributed by atoms with van der Waals surface area (Å²) >= 11 is 4.92. The van der Waals surface area contributed by atoms with Crippen LogP contribution in [0.1, 0.15) is 62.9 Å². The fourth-order valence-corrected chi connectivity index (χ4v) is 3.51. The lowest BCUT2D eigenvalue weighted by Crippen LogP contribution is -1.88. The van der Waals surface area contributed by atoms with Gasteiger partial charge in [-0.3, -0.25) is 5.14 Å². The highest BCUT2D eigenvalue weighted by Gasteiger charge is 2.07. The molecule has 0 saturated heterocycles. The summed E-state index contributed by atoms with van der Waals surface area (Å²) in [4.78, 5) is 4.88. The molecule has 2 aromatic rings. The first-order chi connectivity index (χ1) is 10.3. The third-order valence-corrected chi connectivity index (χ3v) is 4.67. The molecule has 0 aliphatic carbocycles. The van der Waals surface area contributed by atoms with Crippen molar-refractivity contribution >= 4 is 34.4 Å². The van der Waals surface area contributed by atoms with Crippen LogP contribution in [0.4, 0.5) is 0 Å². The van der Waals surface area contributed by atoms with E-state index in [1.165, 1.54) is 65.7 Å². The molecule has 0 aliphatic heterocycles. The second-order valence-corrected chi connectivity index (χ2v) is 6.40. The van der Waals surface area contributed by atoms with Gasteiger partial charge in [0.25, 0.3) is 0 Å². The summed E-state index contributed by atoms with van der Waals surface area (Å²) in [5.74, 6) is 0. The third-order valence-electron chi connectivity index (χ3n) is 3.59. The number of aryl methyl sites for hydroxylation is 2. The minimum atomic E-state index is 1.15. The molecular formula is C17H28N2S2. The standard InChI is InChI=1S/C17H25NS.H3NS/c1-3-5-7-10-14-11-9-12-15-17(14)18-16(19-15)13-8-6-4-2;1-2/h9,11-12H,3-8,10,13H2,1-2H3;2H,1H2. The van der Waals surface area contributed by atoms with Crippen LogP contribution in [0, 0.1) is 0 Å². The molecule has 118 valence electrons. The lowest BCUT2D eigenvalue weighted by atomic mass is 10.1. The van der Waals surface area contributed by atoms with Gasteiger partial charge in [-0.2, -0.15) is 0 Å². The smallest absolute Gasteiger partial charge is 0.0938 e. The van der Waals surface area contributed by atoms with Crippen LogP contribution in [0.15, 0.2) is 18.2 Å². The number of thiazole rings is 1. The normalized spacial score (nSPS) is 10.5. The van der Waals surface area contributed by atoms with Crippen LogP contribution < -0.4 is 5.14 Å². The maximum Gasteiger partial charge on any atom is 0.0938 e. The van der Waals surface area contributed by atoms with E-state index in [4.69, 9.17) is 4.98 Å². The third kappa shape index (κ3) is 5.97. The average Bonchev–Trinajstić information content (AvgIpc) is 2.93. The monoisotopic (exact) mass is 324 g/mol. The van der Waals surface area contributed by atoms with Crippen molar-refractivity contribution in [3.05, 3.63) is 28.8 Å². The first kappa shape index (κ1) is 18.5. The fourth-order valence-electron chi connectivity index (χ4n) is 2.45. The summed E-state index contributed by atoms with van der Waals surface area (Å²) in [5.41, 5.74) is 2.72. The van der Waals surface area contributed by atoms with Gasteiger partial charge in [-0.15, -0.1) is 24.2 Å². The number of nitrogens with two attached hydrogens (primary N) is 1. The number of hydrogen-bond donors (Lipinski definition) is 2. The van der Waals surface area contributed by atoms with Gasteiger partial charge >= 0.3 is 0 Å². The lowest BCUT2D eigenvalue weighted by molar-refractivity contribution is 0.713. The van der Waals surface area contributed by atoms with Gasteiger partial charge in [0.1, 0.15) is 0 Å². The zero-order chi connectivity index (χ0) is 15.5. The molecule has 21 heavy (non-hydrogen) atoms. The average molecular weight is 325 g/mol. The van der Waals surface area contributed by atoms with Crippen LogP contribution in [-0.4, -0.2) is 4.98 Å². The predicted molar refractivity (Wildman–Crippen MR) is 99.3 cm³/mol. The summed E-state index contributed by atoms with van der Waals surface area (Å²) in [6, 6.07) is 6.67. The topological polar surface area (TPSA) is 38.9 Å². The Morgan fingerprint density at radius 1 is 1.00 bits per heavy atom. The van der Waals surface area contributed by atoms with Gasteiger partial charge in [0.15, 0.2) is 0 Å². The minimum Gasteiger partial charge on any atom is -0.281 e. The molecule has 2 rings (SSSR count). The first-order valence-corrected chi connectivity index (χ1v) is 9.31. The van der Waals surface area contributed by atoms with Crippen molar-refractivity contribution in [2.45, 2.75) is 65.2 Å². The number of hydrogen-bond acceptors (Lipinski definition) is 4. The first-order valence-electron chi connectivity index (χ1n) is 7.98. The zero-order valence-electron chi connectivity index (χ0n) is 13.3. The Bertz CT molecular complexity index is 508. The summed E-state index contributed by atoms with van der Waals surface area (Å²) in [6.07, 6.45) is 10.1. The van der Waals surface area contributed by atoms with E-state index in [0.29, 0.717) is 0 Å². The van der Waals surface area contributed by atoms with E-state index in [9.17, 15) is 0 Å². The van der Waals surface area contributed by atoms with Gasteiger partial charge in [-0.05, 0) is 37.3 Å². The molecule has 0 fully saturated rings. The molecule has 0 unspecified atom stereocenters. The predicted octanol–water partition coefficient (Wildman–Crippen LogP) is 5.55. The molecule has 0 bridgehead atoms. The van der Waals surface area contributed by atoms with Gasteiger partial charge in [0, 0.05) is 0 Å². The maximum absolute atomic E-state index is 4.88. The summed E-state index contributed by atoms with van der Waals surface area (Å²) < 4.78 is 1.38. The maximum atomic E-state index is 4.88. The number of thiol groups is 1. The molecule has 4 heteroatoms. The molecule has 2 nitrogen and oxygen atoms in total. The van der Waals surface area contributed by atoms with E-state index in [-0.39, 0.29) is 0 Å². The molecule has 0 atom stereocenters. The van der Waals surface area contributed by atoms with Crippen molar-refractivity contribution in [3.8, 4) is 0 Å². The van der Waals surface area contributed by atoms with Crippen molar-refractivity contribution < 1.29 is 0 Å². The summed E-state index contributed by atoms with van der Waals surface area (Å²) in [6.45, 7) is 4.51. The molecule has 0 saturated carbocycles. The van der Waals surface area contributed by atoms with E-state index in [1.807, 2.05) is 11.3 Å². The van der Waals surface area contributed by atoms with E-state index in [0.717, 1.165) is 6.42 Å². The summed E-state index contributed by atoms with van der Waals surface area (Å²) in [7, 11) is 0. The van der Waals surface area contributed by atoms with Gasteiger partial charge in [-0.1, -0.05) is 51.7 Å². The Hall–Kier alpha value is -0.580. The molecular weight excluding hydrogens is 296 g/mol. The molecule has 1 heterocycles. The van der Waals surface area contributed by atoms with Crippen LogP contribution in [0.3, 0.4) is 0 Å². The second kappa shape index (κ2) is 11.0. The quantitative estimate of drug-likeness (QED) is 0.493. The molecule has 0 radical (unpaired) electrons. The van der Waals surface area contributed by atoms with Crippen LogP contribution in [0.25, 0.3) is 10.2 Å². The number of unbranched alkanes of at least 4 members (excludes halogenated alkanes) is 4. The lowest BCUT2D eigenvalue weighted by Gasteiger charge is -2.01. The van der Waals surface area contributed by atoms with Gasteiger partial charge in [0.05, 0.1) is 15.2 Å². The van der Waals surface area contributed by atoms with E-state index in [2.05, 4.69) is 50.0 Å². The number of nitrogens with zero attached hydrogens (tertiary/aromatic N) is 1. The van der Waals surface area contributed by atoms with E-state index in [1.54, 1.807) is 0 Å². The summed E-state index contributed by atoms with van der Waals surface area (Å²) in [5, 5.41) is 5.52. The van der Waals surface area contributed by atoms with E-state index >= 15 is 0 Å². The Morgan fingerprint density at radius 2 is 1.67 bits per heavy atom. The molecule has 1 aromatic heterocycles. The van der Waals surface area contributed by atoms with Crippen molar-refractivity contribution in [1.82, 2.24) is 4.98 Å². The highest BCUT2D eigenvalue weighted by molar-refractivity contribution is 7.77. The zero-order valence-corrected chi connectivity index (χ0v) is 15.0. The second-order valence-electron chi connectivity index (χ2n) is 5.29. The Balaban J connectivity index is 0.00000106. The largest absolute Gasteiger partial charge is 0.281 e. The van der Waals surface area contributed by atoms with Gasteiger partial charge in [-0.25, -0.2) is 4.98 Å². The van der Waals surface area contributed by atoms with Crippen molar-refractivity contribution in [2.75, 3.05) is 0 Å².